The summed E-state index contributed by atoms with van der Waals surface area (Å²) in [6, 6.07) is 0. The summed E-state index contributed by atoms with van der Waals surface area (Å²) in [7, 11) is 0. The first-order valence-corrected chi connectivity index (χ1v) is 16.0. The van der Waals surface area contributed by atoms with Gasteiger partial charge in [0.05, 0.1) is 5.60 Å². The fraction of sp³-hybridized carbons (Fsp3) is 0.812. The average Bonchev–Trinajstić information content (AvgIpc) is 3.21. The zero-order valence-corrected chi connectivity index (χ0v) is 25.5. The van der Waals surface area contributed by atoms with Crippen molar-refractivity contribution in [2.45, 2.75) is 129 Å². The third-order valence-corrected chi connectivity index (χ3v) is 12.4. The average molecular weight is 547 g/mol. The van der Waals surface area contributed by atoms with Crippen molar-refractivity contribution < 1.29 is 24.2 Å². The van der Waals surface area contributed by atoms with Gasteiger partial charge in [0.25, 0.3) is 0 Å². The molecule has 38 heavy (non-hydrogen) atoms. The largest absolute Gasteiger partial charge is 0.462 e. The Morgan fingerprint density at radius 1 is 1.08 bits per heavy atom. The second-order valence-corrected chi connectivity index (χ2v) is 14.5. The molecular weight excluding hydrogens is 496 g/mol. The van der Waals surface area contributed by atoms with Gasteiger partial charge in [-0.15, -0.1) is 0 Å². The number of ether oxygens (including phenoxy) is 2. The zero-order chi connectivity index (χ0) is 27.9. The topological polar surface area (TPSA) is 72.8 Å². The Morgan fingerprint density at radius 3 is 2.39 bits per heavy atom. The first-order valence-electron chi connectivity index (χ1n) is 15.0. The van der Waals surface area contributed by atoms with Gasteiger partial charge in [-0.25, -0.2) is 0 Å². The van der Waals surface area contributed by atoms with E-state index in [4.69, 9.17) is 9.47 Å². The molecule has 4 rings (SSSR count). The zero-order valence-electron chi connectivity index (χ0n) is 24.7. The molecule has 4 aliphatic carbocycles. The number of carbonyl (C=O) groups is 2. The number of hydrogen-bond acceptors (Lipinski definition) is 6. The van der Waals surface area contributed by atoms with E-state index in [0.717, 1.165) is 31.4 Å². The number of hydrogen-bond donors (Lipinski definition) is 1. The summed E-state index contributed by atoms with van der Waals surface area (Å²) >= 11 is 2.05. The number of fused-ring (bicyclic) bond motifs is 5. The minimum atomic E-state index is -0.522. The van der Waals surface area contributed by atoms with Gasteiger partial charge in [0, 0.05) is 37.4 Å². The quantitative estimate of drug-likeness (QED) is 0.313. The van der Waals surface area contributed by atoms with Gasteiger partial charge in [-0.05, 0) is 73.9 Å². The Labute approximate surface area is 234 Å². The van der Waals surface area contributed by atoms with E-state index in [1.165, 1.54) is 38.7 Å². The molecule has 0 radical (unpaired) electrons. The molecule has 8 atom stereocenters. The smallest absolute Gasteiger partial charge is 0.302 e. The minimum Gasteiger partial charge on any atom is -0.462 e. The summed E-state index contributed by atoms with van der Waals surface area (Å²) in [5.41, 5.74) is 2.31. The lowest BCUT2D eigenvalue weighted by molar-refractivity contribution is -0.165. The van der Waals surface area contributed by atoms with Crippen molar-refractivity contribution in [3.63, 3.8) is 0 Å². The molecule has 0 aromatic heterocycles. The van der Waals surface area contributed by atoms with Crippen molar-refractivity contribution in [2.24, 2.45) is 28.6 Å². The summed E-state index contributed by atoms with van der Waals surface area (Å²) in [5, 5.41) is 11.3. The highest BCUT2D eigenvalue weighted by molar-refractivity contribution is 7.99. The normalized spacial score (nSPS) is 37.2. The van der Waals surface area contributed by atoms with Crippen LogP contribution in [0.25, 0.3) is 0 Å². The molecule has 0 heterocycles. The van der Waals surface area contributed by atoms with Crippen molar-refractivity contribution in [1.29, 1.82) is 0 Å². The van der Waals surface area contributed by atoms with E-state index in [9.17, 15) is 14.7 Å². The molecule has 6 heteroatoms. The predicted molar refractivity (Wildman–Crippen MR) is 154 cm³/mol. The number of rotatable bonds is 9. The Kier molecular flexibility index (Phi) is 8.84. The molecule has 0 aliphatic heterocycles. The molecule has 0 saturated heterocycles. The molecule has 3 saturated carbocycles. The first-order chi connectivity index (χ1) is 17.9. The fourth-order valence-electron chi connectivity index (χ4n) is 8.67. The molecule has 3 unspecified atom stereocenters. The molecule has 1 N–H and O–H groups in total. The standard InChI is InChI=1S/C32H50O5S/c1-8-32(35,9-2)16-17-38-20(3)26-12-13-27-25-11-10-23-18-24(36-21(4)33)19-29(37-22(5)34)31(23,7)28(25)14-15-30(26,27)6/h10-11,20,24,26-29,35H,8-9,12-19H2,1-7H3/t20?,24?,26-,27+,28+,29?,30-,31+/m1/s1. The lowest BCUT2D eigenvalue weighted by Crippen LogP contribution is -2.54. The molecule has 0 amide bonds. The van der Waals surface area contributed by atoms with Crippen LogP contribution in [0.15, 0.2) is 23.3 Å². The second kappa shape index (κ2) is 11.3. The number of esters is 2. The second-order valence-electron chi connectivity index (χ2n) is 13.0. The number of allylic oxidation sites excluding steroid dienone is 3. The summed E-state index contributed by atoms with van der Waals surface area (Å²) in [6.07, 6.45) is 12.7. The SMILES string of the molecule is CCC(O)(CC)CCSC(C)[C@H]1CC[C@H]2C3=CC=C4CC(OC(C)=O)CC(OC(C)=O)[C@]4(C)[C@H]3CC[C@]12C. The van der Waals surface area contributed by atoms with Crippen LogP contribution in [-0.4, -0.2) is 45.9 Å². The summed E-state index contributed by atoms with van der Waals surface area (Å²) < 4.78 is 11.6. The molecule has 5 nitrogen and oxygen atoms in total. The van der Waals surface area contributed by atoms with Crippen LogP contribution < -0.4 is 0 Å². The molecule has 214 valence electrons. The maximum Gasteiger partial charge on any atom is 0.302 e. The van der Waals surface area contributed by atoms with Crippen LogP contribution >= 0.6 is 11.8 Å². The first kappa shape index (κ1) is 29.7. The van der Waals surface area contributed by atoms with E-state index in [2.05, 4.69) is 58.5 Å². The van der Waals surface area contributed by atoms with Gasteiger partial charge in [0.15, 0.2) is 0 Å². The number of thioether (sulfide) groups is 1. The lowest BCUT2D eigenvalue weighted by atomic mass is 9.49. The predicted octanol–water partition coefficient (Wildman–Crippen LogP) is 7.02. The van der Waals surface area contributed by atoms with Gasteiger partial charge in [-0.1, -0.05) is 57.9 Å². The maximum atomic E-state index is 12.2. The van der Waals surface area contributed by atoms with Gasteiger partial charge in [-0.3, -0.25) is 9.59 Å². The van der Waals surface area contributed by atoms with Gasteiger partial charge in [-0.2, -0.15) is 11.8 Å². The van der Waals surface area contributed by atoms with E-state index in [-0.39, 0.29) is 35.0 Å². The van der Waals surface area contributed by atoms with E-state index in [0.29, 0.717) is 35.8 Å². The summed E-state index contributed by atoms with van der Waals surface area (Å²) in [4.78, 5) is 23.9. The monoisotopic (exact) mass is 546 g/mol. The number of carbonyl (C=O) groups excluding carboxylic acids is 2. The highest BCUT2D eigenvalue weighted by atomic mass is 32.2. The van der Waals surface area contributed by atoms with Crippen molar-refractivity contribution >= 4 is 23.7 Å². The van der Waals surface area contributed by atoms with E-state index < -0.39 is 5.60 Å². The highest BCUT2D eigenvalue weighted by Gasteiger charge is 2.60. The van der Waals surface area contributed by atoms with Gasteiger partial charge < -0.3 is 14.6 Å². The molecule has 0 bridgehead atoms. The summed E-state index contributed by atoms with van der Waals surface area (Å²) in [5.74, 6) is 2.04. The van der Waals surface area contributed by atoms with E-state index in [1.54, 1.807) is 5.57 Å². The number of aliphatic hydroxyl groups is 1. The van der Waals surface area contributed by atoms with Crippen LogP contribution in [0.4, 0.5) is 0 Å². The highest BCUT2D eigenvalue weighted by Crippen LogP contribution is 2.66. The molecule has 0 aromatic rings. The van der Waals surface area contributed by atoms with Gasteiger partial charge in [0.1, 0.15) is 12.2 Å². The van der Waals surface area contributed by atoms with E-state index in [1.807, 2.05) is 0 Å². The molecular formula is C32H50O5S. The molecule has 3 fully saturated rings. The third-order valence-electron chi connectivity index (χ3n) is 11.1. The van der Waals surface area contributed by atoms with Crippen molar-refractivity contribution in [3.05, 3.63) is 23.3 Å². The van der Waals surface area contributed by atoms with Crippen molar-refractivity contribution in [2.75, 3.05) is 5.75 Å². The third kappa shape index (κ3) is 5.38. The molecule has 4 aliphatic rings. The van der Waals surface area contributed by atoms with Gasteiger partial charge >= 0.3 is 11.9 Å². The van der Waals surface area contributed by atoms with Crippen LogP contribution in [-0.2, 0) is 19.1 Å². The van der Waals surface area contributed by atoms with Crippen LogP contribution in [0.5, 0.6) is 0 Å². The Hall–Kier alpha value is -1.27. The molecule has 0 spiro atoms. The van der Waals surface area contributed by atoms with Gasteiger partial charge in [0.2, 0.25) is 0 Å². The maximum absolute atomic E-state index is 12.2. The molecule has 0 aromatic carbocycles. The Morgan fingerprint density at radius 2 is 1.76 bits per heavy atom. The fourth-order valence-corrected chi connectivity index (χ4v) is 10.2. The van der Waals surface area contributed by atoms with Crippen molar-refractivity contribution in [3.8, 4) is 0 Å². The van der Waals surface area contributed by atoms with Crippen molar-refractivity contribution in [1.82, 2.24) is 0 Å². The summed E-state index contributed by atoms with van der Waals surface area (Å²) in [6.45, 7) is 14.4. The van der Waals surface area contributed by atoms with Crippen LogP contribution in [0.1, 0.15) is 106 Å². The van der Waals surface area contributed by atoms with Crippen LogP contribution in [0, 0.1) is 28.6 Å². The minimum absolute atomic E-state index is 0.244. The Balaban J connectivity index is 1.54. The van der Waals surface area contributed by atoms with Crippen LogP contribution in [0.2, 0.25) is 0 Å². The van der Waals surface area contributed by atoms with Crippen LogP contribution in [0.3, 0.4) is 0 Å². The lowest BCUT2D eigenvalue weighted by Gasteiger charge is -2.57. The Bertz CT molecular complexity index is 967. The van der Waals surface area contributed by atoms with E-state index >= 15 is 0 Å².